The number of rotatable bonds is 6. The van der Waals surface area contributed by atoms with Crippen LogP contribution >= 0.6 is 11.3 Å². The van der Waals surface area contributed by atoms with Crippen LogP contribution in [0, 0.1) is 5.41 Å². The van der Waals surface area contributed by atoms with Crippen molar-refractivity contribution in [3.8, 4) is 0 Å². The van der Waals surface area contributed by atoms with Crippen LogP contribution in [0.3, 0.4) is 0 Å². The molecule has 0 aliphatic carbocycles. The summed E-state index contributed by atoms with van der Waals surface area (Å²) in [5, 5.41) is 5.89. The zero-order chi connectivity index (χ0) is 13.9. The molecule has 0 spiro atoms. The average molecular weight is 280 g/mol. The highest BCUT2D eigenvalue weighted by Crippen LogP contribution is 2.28. The SMILES string of the molecule is CCCNC(C)C(C)(C)CN1CCc2sccc2C1. The van der Waals surface area contributed by atoms with E-state index in [4.69, 9.17) is 0 Å². The molecule has 3 heteroatoms. The van der Waals surface area contributed by atoms with Crippen molar-refractivity contribution >= 4 is 11.3 Å². The first-order chi connectivity index (χ1) is 9.03. The van der Waals surface area contributed by atoms with Crippen LogP contribution in [-0.4, -0.2) is 30.6 Å². The molecule has 0 amide bonds. The second kappa shape index (κ2) is 6.38. The monoisotopic (exact) mass is 280 g/mol. The van der Waals surface area contributed by atoms with E-state index in [1.807, 2.05) is 11.3 Å². The second-order valence-corrected chi connectivity index (χ2v) is 7.49. The first-order valence-electron chi connectivity index (χ1n) is 7.54. The fourth-order valence-electron chi connectivity index (χ4n) is 2.79. The Morgan fingerprint density at radius 3 is 3.00 bits per heavy atom. The molecule has 0 saturated carbocycles. The van der Waals surface area contributed by atoms with Gasteiger partial charge in [-0.1, -0.05) is 20.8 Å². The average Bonchev–Trinajstić information content (AvgIpc) is 2.82. The molecule has 0 fully saturated rings. The highest BCUT2D eigenvalue weighted by Gasteiger charge is 2.29. The zero-order valence-electron chi connectivity index (χ0n) is 12.8. The van der Waals surface area contributed by atoms with Gasteiger partial charge in [-0.25, -0.2) is 0 Å². The van der Waals surface area contributed by atoms with Gasteiger partial charge in [-0.05, 0) is 48.7 Å². The van der Waals surface area contributed by atoms with Crippen molar-refractivity contribution in [2.75, 3.05) is 19.6 Å². The molecule has 1 atom stereocenters. The van der Waals surface area contributed by atoms with Crippen molar-refractivity contribution in [1.82, 2.24) is 10.2 Å². The third-order valence-electron chi connectivity index (χ3n) is 4.39. The first-order valence-corrected chi connectivity index (χ1v) is 8.42. The highest BCUT2D eigenvalue weighted by molar-refractivity contribution is 7.10. The Morgan fingerprint density at radius 2 is 2.26 bits per heavy atom. The van der Waals surface area contributed by atoms with Crippen LogP contribution in [-0.2, 0) is 13.0 Å². The Kier molecular flexibility index (Phi) is 5.04. The van der Waals surface area contributed by atoms with E-state index in [2.05, 4.69) is 49.4 Å². The van der Waals surface area contributed by atoms with Crippen molar-refractivity contribution in [2.24, 2.45) is 5.41 Å². The van der Waals surface area contributed by atoms with E-state index in [1.54, 1.807) is 10.4 Å². The molecule has 1 aromatic heterocycles. The quantitative estimate of drug-likeness (QED) is 0.857. The molecule has 0 aromatic carbocycles. The maximum absolute atomic E-state index is 3.65. The van der Waals surface area contributed by atoms with Crippen molar-refractivity contribution < 1.29 is 0 Å². The number of nitrogens with zero attached hydrogens (tertiary/aromatic N) is 1. The Balaban J connectivity index is 1.90. The van der Waals surface area contributed by atoms with Gasteiger partial charge < -0.3 is 5.32 Å². The summed E-state index contributed by atoms with van der Waals surface area (Å²) in [6, 6.07) is 2.87. The standard InChI is InChI=1S/C16H28N2S/c1-5-8-17-13(2)16(3,4)12-18-9-6-15-14(11-18)7-10-19-15/h7,10,13,17H,5-6,8-9,11-12H2,1-4H3. The number of hydrogen-bond acceptors (Lipinski definition) is 3. The van der Waals surface area contributed by atoms with Gasteiger partial charge in [-0.2, -0.15) is 0 Å². The van der Waals surface area contributed by atoms with Gasteiger partial charge in [0.1, 0.15) is 0 Å². The van der Waals surface area contributed by atoms with Crippen molar-refractivity contribution in [3.63, 3.8) is 0 Å². The van der Waals surface area contributed by atoms with Crippen LogP contribution in [0.4, 0.5) is 0 Å². The molecule has 1 aliphatic rings. The Bertz CT molecular complexity index is 397. The number of hydrogen-bond donors (Lipinski definition) is 1. The van der Waals surface area contributed by atoms with Crippen molar-refractivity contribution in [1.29, 1.82) is 0 Å². The van der Waals surface area contributed by atoms with Gasteiger partial charge >= 0.3 is 0 Å². The molecule has 0 bridgehead atoms. The normalized spacial score (nSPS) is 18.3. The molecule has 19 heavy (non-hydrogen) atoms. The minimum atomic E-state index is 0.322. The van der Waals surface area contributed by atoms with Gasteiger partial charge in [0.15, 0.2) is 0 Å². The minimum Gasteiger partial charge on any atom is -0.314 e. The van der Waals surface area contributed by atoms with Gasteiger partial charge in [0, 0.05) is 30.6 Å². The largest absolute Gasteiger partial charge is 0.314 e. The Labute approximate surface area is 122 Å². The Morgan fingerprint density at radius 1 is 1.47 bits per heavy atom. The smallest absolute Gasteiger partial charge is 0.0245 e. The molecule has 2 rings (SSSR count). The Hall–Kier alpha value is -0.380. The van der Waals surface area contributed by atoms with Gasteiger partial charge in [-0.3, -0.25) is 4.90 Å². The lowest BCUT2D eigenvalue weighted by molar-refractivity contribution is 0.133. The van der Waals surface area contributed by atoms with E-state index in [0.717, 1.165) is 13.1 Å². The van der Waals surface area contributed by atoms with E-state index in [9.17, 15) is 0 Å². The lowest BCUT2D eigenvalue weighted by Gasteiger charge is -2.39. The molecule has 2 nitrogen and oxygen atoms in total. The summed E-state index contributed by atoms with van der Waals surface area (Å²) < 4.78 is 0. The molecule has 0 saturated heterocycles. The summed E-state index contributed by atoms with van der Waals surface area (Å²) in [7, 11) is 0. The molecule has 1 N–H and O–H groups in total. The number of thiophene rings is 1. The van der Waals surface area contributed by atoms with Gasteiger partial charge in [-0.15, -0.1) is 11.3 Å². The van der Waals surface area contributed by atoms with Gasteiger partial charge in [0.05, 0.1) is 0 Å². The third-order valence-corrected chi connectivity index (χ3v) is 5.41. The second-order valence-electron chi connectivity index (χ2n) is 6.49. The summed E-state index contributed by atoms with van der Waals surface area (Å²) >= 11 is 1.92. The van der Waals surface area contributed by atoms with Crippen LogP contribution in [0.25, 0.3) is 0 Å². The lowest BCUT2D eigenvalue weighted by Crippen LogP contribution is -2.47. The summed E-state index contributed by atoms with van der Waals surface area (Å²) in [5.74, 6) is 0. The summed E-state index contributed by atoms with van der Waals surface area (Å²) in [6.07, 6.45) is 2.45. The van der Waals surface area contributed by atoms with E-state index in [0.29, 0.717) is 11.5 Å². The first kappa shape index (κ1) is 15.0. The molecule has 108 valence electrons. The summed E-state index contributed by atoms with van der Waals surface area (Å²) in [6.45, 7) is 14.0. The topological polar surface area (TPSA) is 15.3 Å². The number of nitrogens with one attached hydrogen (secondary N) is 1. The summed E-state index contributed by atoms with van der Waals surface area (Å²) in [4.78, 5) is 4.23. The molecule has 1 aromatic rings. The van der Waals surface area contributed by atoms with Crippen molar-refractivity contribution in [3.05, 3.63) is 21.9 Å². The van der Waals surface area contributed by atoms with Gasteiger partial charge in [0.25, 0.3) is 0 Å². The maximum Gasteiger partial charge on any atom is 0.0245 e. The maximum atomic E-state index is 3.65. The molecule has 1 unspecified atom stereocenters. The third kappa shape index (κ3) is 3.80. The fraction of sp³-hybridized carbons (Fsp3) is 0.750. The molecule has 2 heterocycles. The fourth-order valence-corrected chi connectivity index (χ4v) is 3.68. The zero-order valence-corrected chi connectivity index (χ0v) is 13.6. The van der Waals surface area contributed by atoms with E-state index < -0.39 is 0 Å². The van der Waals surface area contributed by atoms with Crippen LogP contribution < -0.4 is 5.32 Å². The molecule has 1 aliphatic heterocycles. The van der Waals surface area contributed by atoms with Crippen molar-refractivity contribution in [2.45, 2.75) is 53.1 Å². The van der Waals surface area contributed by atoms with Crippen LogP contribution in [0.2, 0.25) is 0 Å². The van der Waals surface area contributed by atoms with Crippen LogP contribution in [0.15, 0.2) is 11.4 Å². The molecular weight excluding hydrogens is 252 g/mol. The molecular formula is C16H28N2S. The van der Waals surface area contributed by atoms with E-state index in [-0.39, 0.29) is 0 Å². The van der Waals surface area contributed by atoms with E-state index >= 15 is 0 Å². The predicted octanol–water partition coefficient (Wildman–Crippen LogP) is 3.52. The van der Waals surface area contributed by atoms with Crippen LogP contribution in [0.1, 0.15) is 44.6 Å². The van der Waals surface area contributed by atoms with E-state index in [1.165, 1.54) is 25.9 Å². The molecule has 0 radical (unpaired) electrons. The van der Waals surface area contributed by atoms with Crippen LogP contribution in [0.5, 0.6) is 0 Å². The summed E-state index contributed by atoms with van der Waals surface area (Å²) in [5.41, 5.74) is 1.88. The number of fused-ring (bicyclic) bond motifs is 1. The minimum absolute atomic E-state index is 0.322. The lowest BCUT2D eigenvalue weighted by atomic mass is 9.84. The van der Waals surface area contributed by atoms with Gasteiger partial charge in [0.2, 0.25) is 0 Å². The highest BCUT2D eigenvalue weighted by atomic mass is 32.1. The predicted molar refractivity (Wildman–Crippen MR) is 84.8 cm³/mol.